The molecule has 0 N–H and O–H groups in total. The van der Waals surface area contributed by atoms with Crippen molar-refractivity contribution in [3.63, 3.8) is 0 Å². The van der Waals surface area contributed by atoms with Gasteiger partial charge in [-0.05, 0) is 11.0 Å². The van der Waals surface area contributed by atoms with Gasteiger partial charge in [-0.15, -0.1) is 49.6 Å². The molecule has 0 rings (SSSR count). The fourth-order valence-electron chi connectivity index (χ4n) is 0. The van der Waals surface area contributed by atoms with Crippen molar-refractivity contribution in [3.05, 3.63) is 0 Å². The van der Waals surface area contributed by atoms with E-state index >= 15 is 0 Å². The van der Waals surface area contributed by atoms with Crippen LogP contribution in [-0.2, 0) is 22.4 Å². The molecular formula is H8Cl4SiTa. The third-order valence-corrected chi connectivity index (χ3v) is 0. The molecule has 0 saturated carbocycles. The molecule has 1 radical (unpaired) electrons. The van der Waals surface area contributed by atoms with Gasteiger partial charge in [0.1, 0.15) is 0 Å². The van der Waals surface area contributed by atoms with Crippen LogP contribution in [0.5, 0.6) is 0 Å². The Balaban J connectivity index is 0. The van der Waals surface area contributed by atoms with Crippen molar-refractivity contribution in [3.8, 4) is 0 Å². The maximum absolute atomic E-state index is 0. The molecule has 0 aromatic carbocycles. The second kappa shape index (κ2) is 59.4. The first-order chi connectivity index (χ1) is 0. The van der Waals surface area contributed by atoms with Crippen molar-refractivity contribution in [1.29, 1.82) is 0 Å². The molecule has 0 fully saturated rings. The van der Waals surface area contributed by atoms with Crippen LogP contribution in [0.25, 0.3) is 0 Å². The molecule has 0 heterocycles. The van der Waals surface area contributed by atoms with Crippen LogP contribution in [0.1, 0.15) is 0 Å². The molecular weight excluding hydrogens is 351 g/mol. The van der Waals surface area contributed by atoms with E-state index in [0.29, 0.717) is 0 Å². The van der Waals surface area contributed by atoms with Crippen LogP contribution in [0.15, 0.2) is 0 Å². The van der Waals surface area contributed by atoms with Gasteiger partial charge in [-0.2, -0.15) is 0 Å². The van der Waals surface area contributed by atoms with E-state index in [-0.39, 0.29) is 83.0 Å². The molecule has 0 aliphatic rings. The fourth-order valence-corrected chi connectivity index (χ4v) is 0. The summed E-state index contributed by atoms with van der Waals surface area (Å²) in [6.45, 7) is 0. The summed E-state index contributed by atoms with van der Waals surface area (Å²) in [5.74, 6) is 0. The van der Waals surface area contributed by atoms with E-state index in [1.54, 1.807) is 0 Å². The van der Waals surface area contributed by atoms with E-state index in [2.05, 4.69) is 0 Å². The van der Waals surface area contributed by atoms with Gasteiger partial charge in [0.25, 0.3) is 0 Å². The van der Waals surface area contributed by atoms with Crippen LogP contribution in [0, 0.1) is 0 Å². The topological polar surface area (TPSA) is 0 Å². The van der Waals surface area contributed by atoms with Gasteiger partial charge in [-0.1, -0.05) is 0 Å². The molecule has 0 nitrogen and oxygen atoms in total. The Hall–Kier alpha value is 2.12. The quantitative estimate of drug-likeness (QED) is 0.544. The summed E-state index contributed by atoms with van der Waals surface area (Å²) in [5.41, 5.74) is 0. The van der Waals surface area contributed by atoms with Gasteiger partial charge < -0.3 is 0 Å². The van der Waals surface area contributed by atoms with Gasteiger partial charge in [0.05, 0.1) is 0 Å². The fraction of sp³-hybridized carbons (Fsp3) is 0. The molecule has 6 heavy (non-hydrogen) atoms. The summed E-state index contributed by atoms with van der Waals surface area (Å²) in [6.07, 6.45) is 0. The van der Waals surface area contributed by atoms with Crippen molar-refractivity contribution < 1.29 is 22.4 Å². The SMILES string of the molecule is Cl.Cl.Cl.Cl.[SiH4].[Ta]. The second-order valence-corrected chi connectivity index (χ2v) is 0. The molecule has 0 bridgehead atoms. The first-order valence-corrected chi connectivity index (χ1v) is 0. The second-order valence-electron chi connectivity index (χ2n) is 0. The van der Waals surface area contributed by atoms with Gasteiger partial charge in [0.15, 0.2) is 0 Å². The average Bonchev–Trinajstić information content (AvgIpc) is 0. The van der Waals surface area contributed by atoms with Crippen LogP contribution in [0.2, 0.25) is 0 Å². The summed E-state index contributed by atoms with van der Waals surface area (Å²) in [7, 11) is 0. The van der Waals surface area contributed by atoms with Crippen molar-refractivity contribution >= 4 is 60.6 Å². The Labute approximate surface area is 82.4 Å². The van der Waals surface area contributed by atoms with E-state index in [4.69, 9.17) is 0 Å². The van der Waals surface area contributed by atoms with Crippen molar-refractivity contribution in [2.75, 3.05) is 0 Å². The minimum Gasteiger partial charge on any atom is -0.147 e. The molecule has 0 aliphatic heterocycles. The van der Waals surface area contributed by atoms with Gasteiger partial charge >= 0.3 is 0 Å². The van der Waals surface area contributed by atoms with Crippen molar-refractivity contribution in [2.24, 2.45) is 0 Å². The standard InChI is InChI=1S/4ClH.H4Si.Ta/h4*1H;1H4;. The molecule has 0 amide bonds. The van der Waals surface area contributed by atoms with Gasteiger partial charge in [-0.3, -0.25) is 0 Å². The van der Waals surface area contributed by atoms with Crippen LogP contribution in [0.4, 0.5) is 0 Å². The summed E-state index contributed by atoms with van der Waals surface area (Å²) >= 11 is 0. The third kappa shape index (κ3) is 35.7. The first kappa shape index (κ1) is 91.7. The van der Waals surface area contributed by atoms with Gasteiger partial charge in [-0.25, -0.2) is 0 Å². The molecule has 0 spiro atoms. The molecule has 45 valence electrons. The van der Waals surface area contributed by atoms with E-state index in [1.807, 2.05) is 0 Å². The zero-order chi connectivity index (χ0) is 0. The summed E-state index contributed by atoms with van der Waals surface area (Å²) in [4.78, 5) is 0. The molecule has 0 saturated heterocycles. The average molecular weight is 359 g/mol. The molecule has 0 unspecified atom stereocenters. The predicted octanol–water partition coefficient (Wildman–Crippen LogP) is 0.233. The van der Waals surface area contributed by atoms with Gasteiger partial charge in [0.2, 0.25) is 0 Å². The summed E-state index contributed by atoms with van der Waals surface area (Å²) < 4.78 is 0. The molecule has 0 aliphatic carbocycles. The summed E-state index contributed by atoms with van der Waals surface area (Å²) in [5, 5.41) is 0. The van der Waals surface area contributed by atoms with Crippen LogP contribution in [0.3, 0.4) is 0 Å². The maximum Gasteiger partial charge on any atom is 0 e. The van der Waals surface area contributed by atoms with E-state index in [9.17, 15) is 0 Å². The Bertz CT molecular complexity index is 7.51. The third-order valence-electron chi connectivity index (χ3n) is 0. The predicted molar refractivity (Wildman–Crippen MR) is 40.3 cm³/mol. The van der Waals surface area contributed by atoms with Crippen molar-refractivity contribution in [2.45, 2.75) is 0 Å². The molecule has 6 heteroatoms. The summed E-state index contributed by atoms with van der Waals surface area (Å²) in [6, 6.07) is 0. The molecule has 0 aromatic rings. The largest absolute Gasteiger partial charge is 0.147 e. The minimum atomic E-state index is 0. The van der Waals surface area contributed by atoms with E-state index in [1.165, 1.54) is 0 Å². The number of hydrogen-bond donors (Lipinski definition) is 0. The number of hydrogen-bond acceptors (Lipinski definition) is 0. The monoisotopic (exact) mass is 357 g/mol. The number of halogens is 4. The van der Waals surface area contributed by atoms with Crippen LogP contribution in [-0.4, -0.2) is 11.0 Å². The Morgan fingerprint density at radius 1 is 0.500 bits per heavy atom. The zero-order valence-electron chi connectivity index (χ0n) is 2.08. The normalized spacial score (nSPS) is 0. The Morgan fingerprint density at radius 2 is 0.500 bits per heavy atom. The zero-order valence-corrected chi connectivity index (χ0v) is 8.56. The van der Waals surface area contributed by atoms with Crippen LogP contribution >= 0.6 is 49.6 Å². The van der Waals surface area contributed by atoms with Gasteiger partial charge in [0, 0.05) is 22.4 Å². The number of rotatable bonds is 0. The minimum absolute atomic E-state index is 0. The molecule has 0 aromatic heterocycles. The van der Waals surface area contributed by atoms with E-state index in [0.717, 1.165) is 0 Å². The molecule has 0 atom stereocenters. The smallest absolute Gasteiger partial charge is 0 e. The van der Waals surface area contributed by atoms with Crippen molar-refractivity contribution in [1.82, 2.24) is 0 Å². The Morgan fingerprint density at radius 3 is 0.500 bits per heavy atom. The maximum atomic E-state index is 0. The van der Waals surface area contributed by atoms with E-state index < -0.39 is 0 Å². The first-order valence-electron chi connectivity index (χ1n) is 0. The van der Waals surface area contributed by atoms with Crippen LogP contribution < -0.4 is 0 Å². The Kier molecular flexibility index (Phi) is 908.